The zero-order valence-corrected chi connectivity index (χ0v) is 20.8. The predicted octanol–water partition coefficient (Wildman–Crippen LogP) is 6.66. The molecule has 0 aliphatic carbocycles. The van der Waals surface area contributed by atoms with Crippen molar-refractivity contribution < 1.29 is 19.4 Å². The molecule has 0 fully saturated rings. The molecule has 3 aromatic rings. The van der Waals surface area contributed by atoms with Gasteiger partial charge in [0.25, 0.3) is 0 Å². The van der Waals surface area contributed by atoms with Gasteiger partial charge in [0.05, 0.1) is 5.52 Å². The van der Waals surface area contributed by atoms with Crippen LogP contribution in [0.1, 0.15) is 46.1 Å². The fourth-order valence-electron chi connectivity index (χ4n) is 3.76. The quantitative estimate of drug-likeness (QED) is 0.386. The number of ether oxygens (including phenoxy) is 2. The first-order valence-corrected chi connectivity index (χ1v) is 11.9. The molecule has 7 nitrogen and oxygen atoms in total. The molecular weight excluding hydrogens is 486 g/mol. The van der Waals surface area contributed by atoms with Crippen LogP contribution >= 0.6 is 15.9 Å². The van der Waals surface area contributed by atoms with Crippen LogP contribution in [0, 0.1) is 0 Å². The van der Waals surface area contributed by atoms with Gasteiger partial charge < -0.3 is 19.1 Å². The second-order valence-corrected chi connectivity index (χ2v) is 10.1. The lowest BCUT2D eigenvalue weighted by Crippen LogP contribution is -2.35. The maximum absolute atomic E-state index is 12.8. The molecule has 0 saturated carbocycles. The minimum atomic E-state index is -0.904. The Morgan fingerprint density at radius 3 is 2.73 bits per heavy atom. The first-order valence-electron chi connectivity index (χ1n) is 11.1. The van der Waals surface area contributed by atoms with Gasteiger partial charge in [-0.05, 0) is 47.7 Å². The third kappa shape index (κ3) is 4.76. The zero-order valence-electron chi connectivity index (χ0n) is 19.3. The number of halogens is 1. The van der Waals surface area contributed by atoms with Crippen LogP contribution in [0.25, 0.3) is 10.9 Å². The minimum absolute atomic E-state index is 0.00548. The smallest absolute Gasteiger partial charge is 0.308 e. The number of hydrogen-bond acceptors (Lipinski definition) is 5. The van der Waals surface area contributed by atoms with Crippen molar-refractivity contribution in [2.45, 2.75) is 58.6 Å². The molecule has 1 unspecified atom stereocenters. The van der Waals surface area contributed by atoms with E-state index in [1.165, 1.54) is 0 Å². The van der Waals surface area contributed by atoms with Gasteiger partial charge in [-0.3, -0.25) is 4.79 Å². The summed E-state index contributed by atoms with van der Waals surface area (Å²) in [7, 11) is 0. The summed E-state index contributed by atoms with van der Waals surface area (Å²) in [6.07, 6.45) is 0.993. The predicted molar refractivity (Wildman–Crippen MR) is 131 cm³/mol. The molecule has 4 rings (SSSR count). The van der Waals surface area contributed by atoms with Gasteiger partial charge in [0.15, 0.2) is 17.2 Å². The summed E-state index contributed by atoms with van der Waals surface area (Å²) in [5.41, 5.74) is 2.12. The minimum Gasteiger partial charge on any atom is -0.493 e. The Morgan fingerprint density at radius 2 is 2.00 bits per heavy atom. The van der Waals surface area contributed by atoms with Gasteiger partial charge in [0.2, 0.25) is 12.0 Å². The van der Waals surface area contributed by atoms with Crippen LogP contribution in [0.15, 0.2) is 51.1 Å². The van der Waals surface area contributed by atoms with E-state index >= 15 is 0 Å². The normalized spacial score (nSPS) is 16.0. The molecule has 0 bridgehead atoms. The van der Waals surface area contributed by atoms with E-state index in [-0.39, 0.29) is 23.6 Å². The number of nitrogens with zero attached hydrogens (tertiary/aromatic N) is 3. The highest BCUT2D eigenvalue weighted by molar-refractivity contribution is 9.10. The van der Waals surface area contributed by atoms with Gasteiger partial charge in [0, 0.05) is 16.4 Å². The number of rotatable bonds is 5. The van der Waals surface area contributed by atoms with Crippen LogP contribution < -0.4 is 9.47 Å². The number of fused-ring (bicyclic) bond motifs is 2. The molecule has 0 saturated heterocycles. The number of unbranched alkanes of at least 4 members (excludes halogenated alkanes) is 1. The highest BCUT2D eigenvalue weighted by Gasteiger charge is 2.29. The number of carbonyl (C=O) groups excluding carboxylic acids is 1. The van der Waals surface area contributed by atoms with Gasteiger partial charge in [-0.15, -0.1) is 10.2 Å². The van der Waals surface area contributed by atoms with Crippen molar-refractivity contribution in [2.75, 3.05) is 6.61 Å². The topological polar surface area (TPSA) is 85.4 Å². The van der Waals surface area contributed by atoms with Crippen molar-refractivity contribution in [3.8, 4) is 17.4 Å². The number of carbonyl (C=O) groups is 1. The number of aromatic nitrogens is 1. The summed E-state index contributed by atoms with van der Waals surface area (Å²) >= 11 is 3.46. The van der Waals surface area contributed by atoms with Crippen LogP contribution in [-0.4, -0.2) is 28.3 Å². The molecular formula is C25H28BrN3O4. The van der Waals surface area contributed by atoms with Gasteiger partial charge in [-0.25, -0.2) is 0 Å². The van der Waals surface area contributed by atoms with Gasteiger partial charge >= 0.3 is 5.91 Å². The molecule has 1 aliphatic rings. The molecule has 1 N–H and O–H groups in total. The number of aromatic hydroxyl groups is 1. The summed E-state index contributed by atoms with van der Waals surface area (Å²) in [6, 6.07) is 11.4. The fraction of sp³-hybridized carbons (Fsp3) is 0.400. The lowest BCUT2D eigenvalue weighted by atomic mass is 9.87. The first-order chi connectivity index (χ1) is 15.7. The summed E-state index contributed by atoms with van der Waals surface area (Å²) in [5, 5.41) is 19.6. The first kappa shape index (κ1) is 23.3. The van der Waals surface area contributed by atoms with E-state index in [0.29, 0.717) is 18.0 Å². The van der Waals surface area contributed by atoms with Crippen LogP contribution in [0.3, 0.4) is 0 Å². The summed E-state index contributed by atoms with van der Waals surface area (Å²) in [4.78, 5) is 12.8. The molecule has 1 aliphatic heterocycles. The fourth-order valence-corrected chi connectivity index (χ4v) is 4.12. The lowest BCUT2D eigenvalue weighted by molar-refractivity contribution is -0.127. The Bertz CT molecular complexity index is 1230. The Kier molecular flexibility index (Phi) is 6.47. The highest BCUT2D eigenvalue weighted by Crippen LogP contribution is 2.41. The molecule has 2 aromatic carbocycles. The Hall–Kier alpha value is -2.87. The molecule has 1 amide bonds. The SMILES string of the molecule is CCCCn1c(O)c(N=NC(=O)C2COc3ccc(C(C)(C)C)cc3O2)c2cc(Br)ccc21. The van der Waals surface area contributed by atoms with Crippen LogP contribution in [0.2, 0.25) is 0 Å². The molecule has 0 spiro atoms. The van der Waals surface area contributed by atoms with Gasteiger partial charge in [-0.2, -0.15) is 0 Å². The second kappa shape index (κ2) is 9.17. The molecule has 1 aromatic heterocycles. The zero-order chi connectivity index (χ0) is 23.8. The molecule has 1 atom stereocenters. The lowest BCUT2D eigenvalue weighted by Gasteiger charge is -2.27. The molecule has 0 radical (unpaired) electrons. The third-order valence-corrected chi connectivity index (χ3v) is 6.19. The summed E-state index contributed by atoms with van der Waals surface area (Å²) < 4.78 is 14.3. The average molecular weight is 514 g/mol. The Labute approximate surface area is 201 Å². The van der Waals surface area contributed by atoms with Crippen molar-refractivity contribution in [1.82, 2.24) is 4.57 Å². The maximum Gasteiger partial charge on any atom is 0.308 e. The van der Waals surface area contributed by atoms with E-state index in [4.69, 9.17) is 9.47 Å². The van der Waals surface area contributed by atoms with Crippen molar-refractivity contribution in [2.24, 2.45) is 10.2 Å². The van der Waals surface area contributed by atoms with E-state index in [2.05, 4.69) is 53.9 Å². The van der Waals surface area contributed by atoms with Crippen LogP contribution in [0.4, 0.5) is 5.69 Å². The largest absolute Gasteiger partial charge is 0.493 e. The summed E-state index contributed by atoms with van der Waals surface area (Å²) in [5.74, 6) is 0.551. The molecule has 8 heteroatoms. The molecule has 2 heterocycles. The monoisotopic (exact) mass is 513 g/mol. The number of benzene rings is 2. The van der Waals surface area contributed by atoms with Crippen molar-refractivity contribution in [1.29, 1.82) is 0 Å². The Morgan fingerprint density at radius 1 is 1.21 bits per heavy atom. The van der Waals surface area contributed by atoms with Gasteiger partial charge in [0.1, 0.15) is 6.61 Å². The average Bonchev–Trinajstić information content (AvgIpc) is 3.04. The van der Waals surface area contributed by atoms with E-state index in [1.54, 1.807) is 4.57 Å². The van der Waals surface area contributed by atoms with Gasteiger partial charge in [-0.1, -0.05) is 56.1 Å². The maximum atomic E-state index is 12.8. The Balaban J connectivity index is 1.59. The van der Waals surface area contributed by atoms with Crippen LogP contribution in [-0.2, 0) is 16.8 Å². The number of aryl methyl sites for hydroxylation is 1. The third-order valence-electron chi connectivity index (χ3n) is 5.70. The van der Waals surface area contributed by atoms with E-state index < -0.39 is 12.0 Å². The molecule has 33 heavy (non-hydrogen) atoms. The summed E-state index contributed by atoms with van der Waals surface area (Å²) in [6.45, 7) is 9.12. The van der Waals surface area contributed by atoms with Crippen molar-refractivity contribution >= 4 is 38.4 Å². The van der Waals surface area contributed by atoms with Crippen molar-refractivity contribution in [3.63, 3.8) is 0 Å². The standard InChI is InChI=1S/C25H28BrN3O4/c1-5-6-11-29-18-9-8-16(26)13-17(18)22(24(29)31)27-28-23(30)21-14-32-19-10-7-15(25(2,3)4)12-20(19)33-21/h7-10,12-13,21,31H,5-6,11,14H2,1-4H3. The number of amides is 1. The van der Waals surface area contributed by atoms with E-state index in [9.17, 15) is 9.90 Å². The molecule has 174 valence electrons. The number of hydrogen-bond donors (Lipinski definition) is 1. The van der Waals surface area contributed by atoms with E-state index in [0.717, 1.165) is 33.8 Å². The van der Waals surface area contributed by atoms with E-state index in [1.807, 2.05) is 36.4 Å². The highest BCUT2D eigenvalue weighted by atomic mass is 79.9. The second-order valence-electron chi connectivity index (χ2n) is 9.21. The van der Waals surface area contributed by atoms with Crippen LogP contribution in [0.5, 0.6) is 17.4 Å². The number of azo groups is 1. The van der Waals surface area contributed by atoms with Crippen molar-refractivity contribution in [3.05, 3.63) is 46.4 Å².